The summed E-state index contributed by atoms with van der Waals surface area (Å²) in [5, 5.41) is 12.2. The summed E-state index contributed by atoms with van der Waals surface area (Å²) in [7, 11) is 3.20. The van der Waals surface area contributed by atoms with Gasteiger partial charge in [-0.05, 0) is 18.2 Å². The van der Waals surface area contributed by atoms with E-state index in [1.54, 1.807) is 20.4 Å². The van der Waals surface area contributed by atoms with Crippen molar-refractivity contribution < 1.29 is 9.47 Å². The maximum absolute atomic E-state index is 5.38. The molecule has 0 amide bonds. The molecule has 0 fully saturated rings. The molecule has 0 saturated carbocycles. The molecule has 0 saturated heterocycles. The van der Waals surface area contributed by atoms with E-state index in [0.29, 0.717) is 17.3 Å². The number of fused-ring (bicyclic) bond motifs is 2. The molecule has 0 atom stereocenters. The van der Waals surface area contributed by atoms with Gasteiger partial charge in [-0.1, -0.05) is 6.07 Å². The SMILES string of the molecule is COc1cc2ncnc(Nc3cccc4[nH]ncc34)c2cc1OC. The lowest BCUT2D eigenvalue weighted by molar-refractivity contribution is 0.356. The van der Waals surface area contributed by atoms with E-state index in [1.165, 1.54) is 6.33 Å². The topological polar surface area (TPSA) is 85.0 Å². The van der Waals surface area contributed by atoms with Crippen LogP contribution in [0.15, 0.2) is 42.9 Å². The first-order chi connectivity index (χ1) is 11.8. The second kappa shape index (κ2) is 5.69. The maximum Gasteiger partial charge on any atom is 0.162 e. The summed E-state index contributed by atoms with van der Waals surface area (Å²) in [4.78, 5) is 8.69. The molecule has 24 heavy (non-hydrogen) atoms. The second-order valence-corrected chi connectivity index (χ2v) is 5.21. The van der Waals surface area contributed by atoms with Crippen molar-refractivity contribution in [2.24, 2.45) is 0 Å². The highest BCUT2D eigenvalue weighted by atomic mass is 16.5. The minimum atomic E-state index is 0.629. The third kappa shape index (κ3) is 2.26. The van der Waals surface area contributed by atoms with Gasteiger partial charge in [-0.15, -0.1) is 0 Å². The van der Waals surface area contributed by atoms with Crippen LogP contribution >= 0.6 is 0 Å². The third-order valence-corrected chi connectivity index (χ3v) is 3.88. The lowest BCUT2D eigenvalue weighted by Gasteiger charge is -2.12. The predicted octanol–water partition coefficient (Wildman–Crippen LogP) is 3.27. The Balaban J connectivity index is 1.86. The highest BCUT2D eigenvalue weighted by molar-refractivity contribution is 5.97. The first kappa shape index (κ1) is 14.3. The quantitative estimate of drug-likeness (QED) is 0.600. The van der Waals surface area contributed by atoms with Crippen molar-refractivity contribution in [3.05, 3.63) is 42.9 Å². The fourth-order valence-corrected chi connectivity index (χ4v) is 2.69. The number of nitrogens with zero attached hydrogens (tertiary/aromatic N) is 3. The number of benzene rings is 2. The van der Waals surface area contributed by atoms with Crippen molar-refractivity contribution in [2.75, 3.05) is 19.5 Å². The number of hydrogen-bond donors (Lipinski definition) is 2. The van der Waals surface area contributed by atoms with Gasteiger partial charge in [0.25, 0.3) is 0 Å². The average Bonchev–Trinajstić information content (AvgIpc) is 3.10. The van der Waals surface area contributed by atoms with Crippen molar-refractivity contribution in [3.63, 3.8) is 0 Å². The van der Waals surface area contributed by atoms with Gasteiger partial charge in [0, 0.05) is 16.8 Å². The molecule has 0 aliphatic heterocycles. The molecule has 120 valence electrons. The van der Waals surface area contributed by atoms with Gasteiger partial charge in [-0.2, -0.15) is 5.10 Å². The fourth-order valence-electron chi connectivity index (χ4n) is 2.69. The fraction of sp³-hybridized carbons (Fsp3) is 0.118. The molecular formula is C17H15N5O2. The molecule has 0 bridgehead atoms. The monoisotopic (exact) mass is 321 g/mol. The molecule has 4 rings (SSSR count). The van der Waals surface area contributed by atoms with E-state index in [-0.39, 0.29) is 0 Å². The van der Waals surface area contributed by atoms with Crippen LogP contribution in [0.1, 0.15) is 0 Å². The van der Waals surface area contributed by atoms with Crippen molar-refractivity contribution in [1.82, 2.24) is 20.2 Å². The van der Waals surface area contributed by atoms with E-state index in [9.17, 15) is 0 Å². The molecule has 0 radical (unpaired) electrons. The largest absolute Gasteiger partial charge is 0.493 e. The van der Waals surface area contributed by atoms with Crippen LogP contribution in [0.25, 0.3) is 21.8 Å². The van der Waals surface area contributed by atoms with Crippen molar-refractivity contribution >= 4 is 33.3 Å². The van der Waals surface area contributed by atoms with E-state index in [4.69, 9.17) is 9.47 Å². The molecule has 7 nitrogen and oxygen atoms in total. The molecule has 2 aromatic heterocycles. The zero-order valence-corrected chi connectivity index (χ0v) is 13.2. The van der Waals surface area contributed by atoms with E-state index in [2.05, 4.69) is 25.5 Å². The number of aromatic nitrogens is 4. The minimum Gasteiger partial charge on any atom is -0.493 e. The number of anilines is 2. The summed E-state index contributed by atoms with van der Waals surface area (Å²) < 4.78 is 10.7. The van der Waals surface area contributed by atoms with Crippen LogP contribution in [-0.4, -0.2) is 34.4 Å². The van der Waals surface area contributed by atoms with E-state index in [0.717, 1.165) is 27.5 Å². The molecular weight excluding hydrogens is 306 g/mol. The summed E-state index contributed by atoms with van der Waals surface area (Å²) in [5.41, 5.74) is 2.64. The van der Waals surface area contributed by atoms with Crippen LogP contribution in [-0.2, 0) is 0 Å². The Hall–Kier alpha value is -3.35. The van der Waals surface area contributed by atoms with Crippen LogP contribution in [0, 0.1) is 0 Å². The normalized spacial score (nSPS) is 10.9. The minimum absolute atomic E-state index is 0.629. The second-order valence-electron chi connectivity index (χ2n) is 5.21. The average molecular weight is 321 g/mol. The molecule has 0 spiro atoms. The molecule has 2 heterocycles. The van der Waals surface area contributed by atoms with Crippen LogP contribution < -0.4 is 14.8 Å². The Morgan fingerprint density at radius 3 is 2.67 bits per heavy atom. The van der Waals surface area contributed by atoms with Crippen LogP contribution in [0.4, 0.5) is 11.5 Å². The molecule has 2 N–H and O–H groups in total. The standard InChI is InChI=1S/C17H15N5O2/c1-23-15-6-10-14(7-16(15)24-2)18-9-19-17(10)21-12-4-3-5-13-11(12)8-20-22-13/h3-9H,1-2H3,(H,20,22)(H,18,19,21). The molecule has 4 aromatic rings. The van der Waals surface area contributed by atoms with Gasteiger partial charge in [0.2, 0.25) is 0 Å². The predicted molar refractivity (Wildman–Crippen MR) is 92.0 cm³/mol. The number of hydrogen-bond acceptors (Lipinski definition) is 6. The summed E-state index contributed by atoms with van der Waals surface area (Å²) in [5.74, 6) is 1.95. The summed E-state index contributed by atoms with van der Waals surface area (Å²) >= 11 is 0. The Bertz CT molecular complexity index is 1030. The van der Waals surface area contributed by atoms with Gasteiger partial charge >= 0.3 is 0 Å². The molecule has 0 aliphatic carbocycles. The van der Waals surface area contributed by atoms with Gasteiger partial charge in [0.05, 0.1) is 37.1 Å². The van der Waals surface area contributed by atoms with E-state index >= 15 is 0 Å². The summed E-state index contributed by atoms with van der Waals surface area (Å²) in [6.07, 6.45) is 3.30. The highest BCUT2D eigenvalue weighted by Crippen LogP contribution is 2.35. The lowest BCUT2D eigenvalue weighted by atomic mass is 10.2. The van der Waals surface area contributed by atoms with Gasteiger partial charge < -0.3 is 14.8 Å². The molecule has 2 aromatic carbocycles. The molecule has 7 heteroatoms. The third-order valence-electron chi connectivity index (χ3n) is 3.88. The Morgan fingerprint density at radius 2 is 1.83 bits per heavy atom. The van der Waals surface area contributed by atoms with Crippen LogP contribution in [0.5, 0.6) is 11.5 Å². The lowest BCUT2D eigenvalue weighted by Crippen LogP contribution is -1.98. The number of methoxy groups -OCH3 is 2. The Morgan fingerprint density at radius 1 is 1.00 bits per heavy atom. The zero-order valence-electron chi connectivity index (χ0n) is 13.2. The van der Waals surface area contributed by atoms with Gasteiger partial charge in [0.15, 0.2) is 11.5 Å². The van der Waals surface area contributed by atoms with Gasteiger partial charge in [-0.25, -0.2) is 9.97 Å². The van der Waals surface area contributed by atoms with Crippen molar-refractivity contribution in [3.8, 4) is 11.5 Å². The van der Waals surface area contributed by atoms with Gasteiger partial charge in [0.1, 0.15) is 12.1 Å². The zero-order chi connectivity index (χ0) is 16.5. The summed E-state index contributed by atoms with van der Waals surface area (Å²) in [6, 6.07) is 9.60. The Labute approximate surface area is 137 Å². The molecule has 0 aliphatic rings. The first-order valence-corrected chi connectivity index (χ1v) is 7.36. The van der Waals surface area contributed by atoms with E-state index in [1.807, 2.05) is 30.3 Å². The number of ether oxygens (including phenoxy) is 2. The smallest absolute Gasteiger partial charge is 0.162 e. The van der Waals surface area contributed by atoms with Gasteiger partial charge in [-0.3, -0.25) is 5.10 Å². The number of rotatable bonds is 4. The summed E-state index contributed by atoms with van der Waals surface area (Å²) in [6.45, 7) is 0. The van der Waals surface area contributed by atoms with E-state index < -0.39 is 0 Å². The van der Waals surface area contributed by atoms with Crippen molar-refractivity contribution in [1.29, 1.82) is 0 Å². The number of nitrogens with one attached hydrogen (secondary N) is 2. The maximum atomic E-state index is 5.38. The van der Waals surface area contributed by atoms with Crippen molar-refractivity contribution in [2.45, 2.75) is 0 Å². The molecule has 0 unspecified atom stereocenters. The van der Waals surface area contributed by atoms with Crippen LogP contribution in [0.2, 0.25) is 0 Å². The van der Waals surface area contributed by atoms with Crippen LogP contribution in [0.3, 0.4) is 0 Å². The first-order valence-electron chi connectivity index (χ1n) is 7.36. The Kier molecular flexibility index (Phi) is 3.38. The highest BCUT2D eigenvalue weighted by Gasteiger charge is 2.12. The number of H-pyrrole nitrogens is 1. The number of aromatic amines is 1.